The molecule has 8 nitrogen and oxygen atoms in total. The van der Waals surface area contributed by atoms with Gasteiger partial charge in [-0.05, 0) is 20.8 Å². The minimum atomic E-state index is -0.110. The van der Waals surface area contributed by atoms with Gasteiger partial charge in [0.05, 0.1) is 13.1 Å². The highest BCUT2D eigenvalue weighted by atomic mass is 16.5. The molecule has 0 aliphatic carbocycles. The highest BCUT2D eigenvalue weighted by Crippen LogP contribution is 2.08. The lowest BCUT2D eigenvalue weighted by Gasteiger charge is -2.34. The van der Waals surface area contributed by atoms with Crippen molar-refractivity contribution in [3.8, 4) is 0 Å². The molecule has 0 spiro atoms. The summed E-state index contributed by atoms with van der Waals surface area (Å²) in [6.07, 6.45) is 0. The number of hydrogen-bond acceptors (Lipinski definition) is 6. The molecular weight excluding hydrogens is 334 g/mol. The zero-order valence-electron chi connectivity index (χ0n) is 16.0. The van der Waals surface area contributed by atoms with Gasteiger partial charge in [-0.25, -0.2) is 0 Å². The van der Waals surface area contributed by atoms with Gasteiger partial charge in [-0.2, -0.15) is 0 Å². The van der Waals surface area contributed by atoms with E-state index in [-0.39, 0.29) is 11.8 Å². The van der Waals surface area contributed by atoms with Crippen molar-refractivity contribution >= 4 is 17.6 Å². The number of carbonyl (C=O) groups is 2. The van der Waals surface area contributed by atoms with Crippen molar-refractivity contribution in [2.75, 3.05) is 57.7 Å². The van der Waals surface area contributed by atoms with Gasteiger partial charge < -0.3 is 14.7 Å². The fraction of sp³-hybridized carbons (Fsp3) is 0.611. The first-order valence-corrected chi connectivity index (χ1v) is 8.97. The molecular formula is C18H29N5O3. The molecule has 26 heavy (non-hydrogen) atoms. The van der Waals surface area contributed by atoms with E-state index in [1.165, 1.54) is 0 Å². The number of rotatable bonds is 8. The van der Waals surface area contributed by atoms with Crippen LogP contribution in [0.25, 0.3) is 0 Å². The van der Waals surface area contributed by atoms with Gasteiger partial charge in [0.1, 0.15) is 5.76 Å². The Hall–Kier alpha value is -2.19. The van der Waals surface area contributed by atoms with Crippen LogP contribution in [-0.2, 0) is 9.59 Å². The van der Waals surface area contributed by atoms with E-state index in [0.29, 0.717) is 37.8 Å². The number of amides is 2. The van der Waals surface area contributed by atoms with Gasteiger partial charge in [0.25, 0.3) is 0 Å². The maximum Gasteiger partial charge on any atom is 0.239 e. The van der Waals surface area contributed by atoms with E-state index in [9.17, 15) is 9.59 Å². The van der Waals surface area contributed by atoms with Crippen LogP contribution in [0.3, 0.4) is 0 Å². The van der Waals surface area contributed by atoms with Crippen molar-refractivity contribution in [2.24, 2.45) is 0 Å². The van der Waals surface area contributed by atoms with Gasteiger partial charge in [0.15, 0.2) is 5.82 Å². The molecule has 2 amide bonds. The summed E-state index contributed by atoms with van der Waals surface area (Å²) in [6.45, 7) is 14.6. The van der Waals surface area contributed by atoms with Crippen molar-refractivity contribution < 1.29 is 14.1 Å². The summed E-state index contributed by atoms with van der Waals surface area (Å²) in [5.41, 5.74) is 0.985. The third-order valence-electron chi connectivity index (χ3n) is 4.28. The largest absolute Gasteiger partial charge is 0.360 e. The van der Waals surface area contributed by atoms with Crippen LogP contribution in [0.1, 0.15) is 19.6 Å². The van der Waals surface area contributed by atoms with E-state index in [4.69, 9.17) is 4.52 Å². The molecule has 1 aromatic rings. The molecule has 1 aromatic heterocycles. The molecule has 144 valence electrons. The van der Waals surface area contributed by atoms with Crippen molar-refractivity contribution in [2.45, 2.75) is 20.8 Å². The Morgan fingerprint density at radius 2 is 1.88 bits per heavy atom. The van der Waals surface area contributed by atoms with Gasteiger partial charge in [-0.15, -0.1) is 0 Å². The van der Waals surface area contributed by atoms with Crippen LogP contribution in [0.5, 0.6) is 0 Å². The van der Waals surface area contributed by atoms with Gasteiger partial charge in [-0.1, -0.05) is 17.3 Å². The van der Waals surface area contributed by atoms with Crippen LogP contribution in [0.15, 0.2) is 22.7 Å². The Morgan fingerprint density at radius 1 is 1.27 bits per heavy atom. The zero-order valence-corrected chi connectivity index (χ0v) is 16.0. The predicted octanol–water partition coefficient (Wildman–Crippen LogP) is 0.964. The molecule has 0 unspecified atom stereocenters. The second kappa shape index (κ2) is 9.49. The first-order chi connectivity index (χ1) is 12.4. The lowest BCUT2D eigenvalue weighted by atomic mass is 10.2. The summed E-state index contributed by atoms with van der Waals surface area (Å²) in [6, 6.07) is 1.69. The van der Waals surface area contributed by atoms with E-state index in [1.54, 1.807) is 13.0 Å². The second-order valence-corrected chi connectivity index (χ2v) is 6.79. The average molecular weight is 363 g/mol. The molecule has 1 aliphatic heterocycles. The smallest absolute Gasteiger partial charge is 0.239 e. The first kappa shape index (κ1) is 20.1. The average Bonchev–Trinajstić information content (AvgIpc) is 2.98. The van der Waals surface area contributed by atoms with Crippen molar-refractivity contribution in [3.05, 3.63) is 24.0 Å². The van der Waals surface area contributed by atoms with E-state index in [2.05, 4.69) is 26.9 Å². The number of nitrogens with one attached hydrogen (secondary N) is 1. The molecule has 1 saturated heterocycles. The van der Waals surface area contributed by atoms with Crippen LogP contribution in [0, 0.1) is 6.92 Å². The molecule has 0 atom stereocenters. The Kier molecular flexibility index (Phi) is 7.35. The number of aromatic nitrogens is 1. The summed E-state index contributed by atoms with van der Waals surface area (Å²) in [5, 5.41) is 6.48. The number of likely N-dealkylation sites (N-methyl/N-ethyl adjacent to an activating group) is 1. The number of anilines is 1. The SMILES string of the molecule is C=C(C)CN(CC)C(=O)CN1CCN(CC(=O)Nc2cc(C)on2)CC1. The molecule has 0 aromatic carbocycles. The number of carbonyl (C=O) groups excluding carboxylic acids is 2. The fourth-order valence-corrected chi connectivity index (χ4v) is 2.91. The minimum Gasteiger partial charge on any atom is -0.360 e. The Labute approximate surface area is 154 Å². The first-order valence-electron chi connectivity index (χ1n) is 8.97. The number of hydrogen-bond donors (Lipinski definition) is 1. The number of nitrogens with zero attached hydrogens (tertiary/aromatic N) is 4. The molecule has 2 rings (SSSR count). The third-order valence-corrected chi connectivity index (χ3v) is 4.28. The summed E-state index contributed by atoms with van der Waals surface area (Å²) in [7, 11) is 0. The standard InChI is InChI=1S/C18H29N5O3/c1-5-23(11-14(2)3)18(25)13-22-8-6-21(7-9-22)12-17(24)19-16-10-15(4)26-20-16/h10H,2,5-9,11-13H2,1,3-4H3,(H,19,20,24). The monoisotopic (exact) mass is 363 g/mol. The van der Waals surface area contributed by atoms with Crippen LogP contribution in [-0.4, -0.2) is 84.0 Å². The molecule has 8 heteroatoms. The highest BCUT2D eigenvalue weighted by molar-refractivity contribution is 5.91. The summed E-state index contributed by atoms with van der Waals surface area (Å²) >= 11 is 0. The highest BCUT2D eigenvalue weighted by Gasteiger charge is 2.22. The topological polar surface area (TPSA) is 81.9 Å². The minimum absolute atomic E-state index is 0.110. The molecule has 1 N–H and O–H groups in total. The van der Waals surface area contributed by atoms with E-state index in [1.807, 2.05) is 18.7 Å². The van der Waals surface area contributed by atoms with Gasteiger partial charge in [-0.3, -0.25) is 19.4 Å². The van der Waals surface area contributed by atoms with Gasteiger partial charge in [0.2, 0.25) is 11.8 Å². The molecule has 1 fully saturated rings. The molecule has 0 bridgehead atoms. The van der Waals surface area contributed by atoms with E-state index < -0.39 is 0 Å². The third kappa shape index (κ3) is 6.27. The van der Waals surface area contributed by atoms with Crippen LogP contribution in [0.2, 0.25) is 0 Å². The van der Waals surface area contributed by atoms with E-state index in [0.717, 1.165) is 31.8 Å². The zero-order chi connectivity index (χ0) is 19.1. The van der Waals surface area contributed by atoms with Crippen molar-refractivity contribution in [3.63, 3.8) is 0 Å². The van der Waals surface area contributed by atoms with Crippen LogP contribution < -0.4 is 5.32 Å². The summed E-state index contributed by atoms with van der Waals surface area (Å²) in [5.74, 6) is 1.12. The molecule has 2 heterocycles. The Balaban J connectivity index is 1.72. The maximum atomic E-state index is 12.4. The Morgan fingerprint density at radius 3 is 2.38 bits per heavy atom. The predicted molar refractivity (Wildman–Crippen MR) is 99.8 cm³/mol. The Bertz CT molecular complexity index is 635. The van der Waals surface area contributed by atoms with E-state index >= 15 is 0 Å². The van der Waals surface area contributed by atoms with Gasteiger partial charge >= 0.3 is 0 Å². The maximum absolute atomic E-state index is 12.4. The normalized spacial score (nSPS) is 15.7. The molecule has 0 saturated carbocycles. The summed E-state index contributed by atoms with van der Waals surface area (Å²) in [4.78, 5) is 30.5. The second-order valence-electron chi connectivity index (χ2n) is 6.79. The van der Waals surface area contributed by atoms with Crippen LogP contribution in [0.4, 0.5) is 5.82 Å². The fourth-order valence-electron chi connectivity index (χ4n) is 2.91. The van der Waals surface area contributed by atoms with Crippen molar-refractivity contribution in [1.29, 1.82) is 0 Å². The molecule has 0 radical (unpaired) electrons. The van der Waals surface area contributed by atoms with Crippen LogP contribution >= 0.6 is 0 Å². The lowest BCUT2D eigenvalue weighted by Crippen LogP contribution is -2.51. The number of aryl methyl sites for hydroxylation is 1. The molecule has 1 aliphatic rings. The summed E-state index contributed by atoms with van der Waals surface area (Å²) < 4.78 is 4.93. The number of piperazine rings is 1. The van der Waals surface area contributed by atoms with Crippen molar-refractivity contribution in [1.82, 2.24) is 19.9 Å². The lowest BCUT2D eigenvalue weighted by molar-refractivity contribution is -0.132. The quantitative estimate of drug-likeness (QED) is 0.693. The van der Waals surface area contributed by atoms with Gasteiger partial charge in [0, 0.05) is 45.3 Å².